The number of nitrogens with zero attached hydrogens (tertiary/aromatic N) is 2. The number of rotatable bonds is 7. The molecule has 0 spiro atoms. The molecule has 0 saturated carbocycles. The number of benzene rings is 2. The Morgan fingerprint density at radius 2 is 2.10 bits per heavy atom. The van der Waals surface area contributed by atoms with Crippen LogP contribution in [0, 0.1) is 0 Å². The molecule has 2 N–H and O–H groups in total. The van der Waals surface area contributed by atoms with Crippen LogP contribution < -0.4 is 20.2 Å². The van der Waals surface area contributed by atoms with Gasteiger partial charge in [-0.05, 0) is 35.9 Å². The number of thioether (sulfide) groups is 1. The number of nitrogens with one attached hydrogen (secondary N) is 2. The molecule has 1 fully saturated rings. The summed E-state index contributed by atoms with van der Waals surface area (Å²) in [5.74, 6) is -0.596. The van der Waals surface area contributed by atoms with Crippen LogP contribution in [0.1, 0.15) is 12.0 Å². The van der Waals surface area contributed by atoms with E-state index >= 15 is 0 Å². The van der Waals surface area contributed by atoms with Crippen molar-refractivity contribution in [2.45, 2.75) is 11.7 Å². The summed E-state index contributed by atoms with van der Waals surface area (Å²) in [5.41, 5.74) is 4.51. The monoisotopic (exact) mass is 456 g/mol. The van der Waals surface area contributed by atoms with E-state index in [1.807, 2.05) is 24.3 Å². The largest absolute Gasteiger partial charge is 0.493 e. The van der Waals surface area contributed by atoms with Gasteiger partial charge in [-0.25, -0.2) is 4.98 Å². The SMILES string of the molecule is COc1cc(/C=N\Nc2nc3ccccc3s2)ccc1OC(=O)C[C@H]1SC(=O)NC1=O. The minimum atomic E-state index is -0.786. The lowest BCUT2D eigenvalue weighted by molar-refractivity contribution is -0.136. The summed E-state index contributed by atoms with van der Waals surface area (Å²) in [4.78, 5) is 39.4. The zero-order valence-corrected chi connectivity index (χ0v) is 17.8. The van der Waals surface area contributed by atoms with E-state index < -0.39 is 22.4 Å². The number of hydrogen-bond donors (Lipinski definition) is 2. The summed E-state index contributed by atoms with van der Waals surface area (Å²) in [5, 5.41) is 5.73. The topological polar surface area (TPSA) is 119 Å². The molecule has 1 saturated heterocycles. The van der Waals surface area contributed by atoms with Crippen LogP contribution in [0.5, 0.6) is 11.5 Å². The number of imide groups is 1. The summed E-state index contributed by atoms with van der Waals surface area (Å²) >= 11 is 2.27. The van der Waals surface area contributed by atoms with Crippen LogP contribution in [0.2, 0.25) is 0 Å². The standard InChI is InChI=1S/C20H16N4O5S2/c1-28-14-8-11(10-21-24-19-22-12-4-2-3-5-15(12)30-19)6-7-13(14)29-17(25)9-16-18(26)23-20(27)31-16/h2-8,10,16H,9H2,1H3,(H,22,24)(H,23,26,27)/b21-10-/t16-/m1/s1. The van der Waals surface area contributed by atoms with Gasteiger partial charge >= 0.3 is 5.97 Å². The highest BCUT2D eigenvalue weighted by Crippen LogP contribution is 2.30. The zero-order valence-electron chi connectivity index (χ0n) is 16.2. The van der Waals surface area contributed by atoms with E-state index in [2.05, 4.69) is 20.8 Å². The Hall–Kier alpha value is -3.44. The highest BCUT2D eigenvalue weighted by Gasteiger charge is 2.34. The van der Waals surface area contributed by atoms with Crippen molar-refractivity contribution in [2.24, 2.45) is 5.10 Å². The van der Waals surface area contributed by atoms with Crippen LogP contribution in [0.4, 0.5) is 9.93 Å². The van der Waals surface area contributed by atoms with Crippen LogP contribution in [0.3, 0.4) is 0 Å². The summed E-state index contributed by atoms with van der Waals surface area (Å²) in [6.07, 6.45) is 1.37. The fourth-order valence-electron chi connectivity index (χ4n) is 2.77. The van der Waals surface area contributed by atoms with Gasteiger partial charge in [0.2, 0.25) is 11.0 Å². The first-order valence-electron chi connectivity index (χ1n) is 9.06. The smallest absolute Gasteiger partial charge is 0.312 e. The second kappa shape index (κ2) is 9.14. The average molecular weight is 457 g/mol. The fraction of sp³-hybridized carbons (Fsp3) is 0.150. The highest BCUT2D eigenvalue weighted by atomic mass is 32.2. The van der Waals surface area contributed by atoms with Crippen LogP contribution in [0.25, 0.3) is 10.2 Å². The molecule has 9 nitrogen and oxygen atoms in total. The first-order valence-corrected chi connectivity index (χ1v) is 10.8. The number of thiazole rings is 1. The minimum Gasteiger partial charge on any atom is -0.493 e. The lowest BCUT2D eigenvalue weighted by atomic mass is 10.2. The van der Waals surface area contributed by atoms with Crippen molar-refractivity contribution in [3.05, 3.63) is 48.0 Å². The Morgan fingerprint density at radius 3 is 2.84 bits per heavy atom. The van der Waals surface area contributed by atoms with Gasteiger partial charge in [0, 0.05) is 0 Å². The first kappa shape index (κ1) is 20.8. The third kappa shape index (κ3) is 5.01. The third-order valence-electron chi connectivity index (χ3n) is 4.20. The maximum atomic E-state index is 12.2. The zero-order chi connectivity index (χ0) is 21.8. The van der Waals surface area contributed by atoms with Crippen LogP contribution in [0.15, 0.2) is 47.6 Å². The first-order chi connectivity index (χ1) is 15.0. The van der Waals surface area contributed by atoms with Gasteiger partial charge in [0.05, 0.1) is 30.0 Å². The molecule has 2 aromatic carbocycles. The Kier molecular flexibility index (Phi) is 6.14. The van der Waals surface area contributed by atoms with Crippen molar-refractivity contribution < 1.29 is 23.9 Å². The molecule has 1 aromatic heterocycles. The Morgan fingerprint density at radius 1 is 1.26 bits per heavy atom. The van der Waals surface area contributed by atoms with E-state index in [1.54, 1.807) is 24.4 Å². The number of hydrazone groups is 1. The number of fused-ring (bicyclic) bond motifs is 1. The number of hydrogen-bond acceptors (Lipinski definition) is 10. The van der Waals surface area contributed by atoms with Crippen molar-refractivity contribution in [3.63, 3.8) is 0 Å². The van der Waals surface area contributed by atoms with E-state index in [9.17, 15) is 14.4 Å². The normalized spacial score (nSPS) is 16.0. The van der Waals surface area contributed by atoms with Gasteiger partial charge in [0.1, 0.15) is 5.25 Å². The molecule has 0 bridgehead atoms. The number of esters is 1. The van der Waals surface area contributed by atoms with Gasteiger partial charge in [-0.1, -0.05) is 35.2 Å². The molecule has 1 atom stereocenters. The predicted octanol–water partition coefficient (Wildman–Crippen LogP) is 3.40. The Labute approximate surface area is 184 Å². The molecular weight excluding hydrogens is 440 g/mol. The van der Waals surface area contributed by atoms with Gasteiger partial charge in [-0.2, -0.15) is 5.10 Å². The van der Waals surface area contributed by atoms with E-state index in [-0.39, 0.29) is 12.2 Å². The molecule has 0 aliphatic carbocycles. The average Bonchev–Trinajstić information content (AvgIpc) is 3.30. The molecule has 4 rings (SSSR count). The van der Waals surface area contributed by atoms with Gasteiger partial charge < -0.3 is 9.47 Å². The van der Waals surface area contributed by atoms with Crippen LogP contribution in [-0.4, -0.2) is 40.7 Å². The molecule has 0 unspecified atom stereocenters. The van der Waals surface area contributed by atoms with E-state index in [0.717, 1.165) is 22.0 Å². The molecule has 0 radical (unpaired) electrons. The number of carbonyl (C=O) groups excluding carboxylic acids is 3. The molecule has 2 amide bonds. The molecule has 3 aromatic rings. The molecule has 158 valence electrons. The van der Waals surface area contributed by atoms with Crippen molar-refractivity contribution >= 4 is 61.8 Å². The van der Waals surface area contributed by atoms with Crippen molar-refractivity contribution in [3.8, 4) is 11.5 Å². The lowest BCUT2D eigenvalue weighted by Crippen LogP contribution is -2.27. The number of aromatic nitrogens is 1. The summed E-state index contributed by atoms with van der Waals surface area (Å²) < 4.78 is 11.7. The Balaban J connectivity index is 1.39. The van der Waals surface area contributed by atoms with Crippen molar-refractivity contribution in [1.29, 1.82) is 0 Å². The highest BCUT2D eigenvalue weighted by molar-refractivity contribution is 8.15. The molecule has 31 heavy (non-hydrogen) atoms. The maximum absolute atomic E-state index is 12.2. The van der Waals surface area contributed by atoms with E-state index in [0.29, 0.717) is 16.4 Å². The van der Waals surface area contributed by atoms with Gasteiger partial charge in [-0.3, -0.25) is 25.1 Å². The van der Waals surface area contributed by atoms with Gasteiger partial charge in [0.15, 0.2) is 11.5 Å². The molecule has 11 heteroatoms. The lowest BCUT2D eigenvalue weighted by Gasteiger charge is -2.10. The van der Waals surface area contributed by atoms with Gasteiger partial charge in [-0.15, -0.1) is 0 Å². The summed E-state index contributed by atoms with van der Waals surface area (Å²) in [7, 11) is 1.45. The van der Waals surface area contributed by atoms with Crippen LogP contribution in [-0.2, 0) is 9.59 Å². The van der Waals surface area contributed by atoms with Gasteiger partial charge in [0.25, 0.3) is 5.24 Å². The number of carbonyl (C=O) groups is 3. The minimum absolute atomic E-state index is 0.207. The summed E-state index contributed by atoms with van der Waals surface area (Å²) in [6, 6.07) is 12.7. The predicted molar refractivity (Wildman–Crippen MR) is 119 cm³/mol. The van der Waals surface area contributed by atoms with E-state index in [4.69, 9.17) is 9.47 Å². The molecule has 1 aliphatic rings. The van der Waals surface area contributed by atoms with E-state index in [1.165, 1.54) is 18.4 Å². The maximum Gasteiger partial charge on any atom is 0.312 e. The quantitative estimate of drug-likeness (QED) is 0.240. The molecule has 2 heterocycles. The number of anilines is 1. The number of para-hydroxylation sites is 1. The van der Waals surface area contributed by atoms with Crippen LogP contribution >= 0.6 is 23.1 Å². The van der Waals surface area contributed by atoms with Crippen molar-refractivity contribution in [2.75, 3.05) is 12.5 Å². The Bertz CT molecular complexity index is 1160. The molecule has 1 aliphatic heterocycles. The number of methoxy groups -OCH3 is 1. The second-order valence-corrected chi connectivity index (χ2v) is 8.53. The second-order valence-electron chi connectivity index (χ2n) is 6.33. The fourth-order valence-corrected chi connectivity index (χ4v) is 4.39. The number of ether oxygens (including phenoxy) is 2. The molecular formula is C20H16N4O5S2. The number of amides is 2. The summed E-state index contributed by atoms with van der Waals surface area (Å²) in [6.45, 7) is 0. The third-order valence-corrected chi connectivity index (χ3v) is 6.12. The van der Waals surface area contributed by atoms with Crippen molar-refractivity contribution in [1.82, 2.24) is 10.3 Å².